The normalized spacial score (nSPS) is 17.8. The van der Waals surface area contributed by atoms with Gasteiger partial charge in [0.15, 0.2) is 16.3 Å². The number of thiazole rings is 1. The second-order valence-corrected chi connectivity index (χ2v) is 11.6. The number of nitrogens with zero attached hydrogens (tertiary/aromatic N) is 5. The van der Waals surface area contributed by atoms with Crippen LogP contribution >= 0.6 is 22.9 Å². The number of likely N-dealkylation sites (tertiary alicyclic amines) is 1. The minimum Gasteiger partial charge on any atom is -0.477 e. The minimum atomic E-state index is -1.07. The molecule has 1 atom stereocenters. The van der Waals surface area contributed by atoms with Gasteiger partial charge in [-0.2, -0.15) is 0 Å². The van der Waals surface area contributed by atoms with Crippen molar-refractivity contribution in [3.63, 3.8) is 0 Å². The number of piperidine rings is 1. The summed E-state index contributed by atoms with van der Waals surface area (Å²) in [5.41, 5.74) is 2.36. The van der Waals surface area contributed by atoms with E-state index in [1.807, 2.05) is 9.47 Å². The Hall–Kier alpha value is -3.41. The number of amides is 1. The fourth-order valence-electron chi connectivity index (χ4n) is 5.23. The van der Waals surface area contributed by atoms with Crippen LogP contribution < -0.4 is 0 Å². The molecule has 0 aliphatic carbocycles. The van der Waals surface area contributed by atoms with Gasteiger partial charge in [-0.15, -0.1) is 11.3 Å². The Morgan fingerprint density at radius 1 is 1.12 bits per heavy atom. The Labute approximate surface area is 238 Å². The van der Waals surface area contributed by atoms with Crippen LogP contribution in [-0.2, 0) is 24.1 Å². The first-order valence-electron chi connectivity index (χ1n) is 13.2. The van der Waals surface area contributed by atoms with Gasteiger partial charge in [0.1, 0.15) is 17.2 Å². The summed E-state index contributed by atoms with van der Waals surface area (Å²) in [6, 6.07) is 7.74. The van der Waals surface area contributed by atoms with E-state index in [1.54, 1.807) is 23.6 Å². The molecular formula is C28H27ClFN5O4S. The van der Waals surface area contributed by atoms with Gasteiger partial charge in [0.05, 0.1) is 18.3 Å². The zero-order valence-electron chi connectivity index (χ0n) is 21.6. The molecule has 9 nitrogen and oxygen atoms in total. The third kappa shape index (κ3) is 5.59. The molecule has 0 saturated carbocycles. The molecule has 5 heterocycles. The van der Waals surface area contributed by atoms with Crippen molar-refractivity contribution in [2.75, 3.05) is 19.7 Å². The number of halogens is 2. The summed E-state index contributed by atoms with van der Waals surface area (Å²) in [6.45, 7) is 2.53. The van der Waals surface area contributed by atoms with E-state index in [0.29, 0.717) is 70.8 Å². The van der Waals surface area contributed by atoms with Crippen molar-refractivity contribution in [3.8, 4) is 0 Å². The van der Waals surface area contributed by atoms with Crippen LogP contribution in [0, 0.1) is 11.7 Å². The van der Waals surface area contributed by atoms with Crippen LogP contribution in [0.15, 0.2) is 35.7 Å². The molecule has 1 unspecified atom stereocenters. The summed E-state index contributed by atoms with van der Waals surface area (Å²) in [5.74, 6) is -0.379. The first kappa shape index (κ1) is 26.8. The lowest BCUT2D eigenvalue weighted by molar-refractivity contribution is -0.0591. The quantitative estimate of drug-likeness (QED) is 0.316. The van der Waals surface area contributed by atoms with E-state index < -0.39 is 5.97 Å². The second-order valence-electron chi connectivity index (χ2n) is 10.3. The van der Waals surface area contributed by atoms with Gasteiger partial charge in [0.2, 0.25) is 0 Å². The number of aromatic carboxylic acids is 1. The fraction of sp³-hybridized carbons (Fsp3) is 0.393. The predicted molar refractivity (Wildman–Crippen MR) is 148 cm³/mol. The Bertz CT molecular complexity index is 1580. The van der Waals surface area contributed by atoms with Gasteiger partial charge in [-0.3, -0.25) is 4.79 Å². The van der Waals surface area contributed by atoms with Crippen LogP contribution in [0.3, 0.4) is 0 Å². The monoisotopic (exact) mass is 583 g/mol. The Kier molecular flexibility index (Phi) is 7.52. The molecule has 6 rings (SSSR count). The summed E-state index contributed by atoms with van der Waals surface area (Å²) in [4.78, 5) is 40.1. The molecule has 208 valence electrons. The van der Waals surface area contributed by atoms with E-state index >= 15 is 0 Å². The molecule has 0 bridgehead atoms. The van der Waals surface area contributed by atoms with Gasteiger partial charge in [0, 0.05) is 42.9 Å². The average molecular weight is 584 g/mol. The smallest absolute Gasteiger partial charge is 0.354 e. The summed E-state index contributed by atoms with van der Waals surface area (Å²) in [5, 5.41) is 12.0. The highest BCUT2D eigenvalue weighted by atomic mass is 35.5. The molecule has 1 N–H and O–H groups in total. The van der Waals surface area contributed by atoms with Gasteiger partial charge < -0.3 is 19.3 Å². The van der Waals surface area contributed by atoms with Crippen molar-refractivity contribution in [3.05, 3.63) is 74.3 Å². The van der Waals surface area contributed by atoms with Crippen LogP contribution in [0.2, 0.25) is 5.02 Å². The maximum Gasteiger partial charge on any atom is 0.354 e. The number of pyridine rings is 1. The number of hydrogen-bond donors (Lipinski definition) is 1. The summed E-state index contributed by atoms with van der Waals surface area (Å²) in [7, 11) is 0. The average Bonchev–Trinajstić information content (AvgIpc) is 3.52. The van der Waals surface area contributed by atoms with Crippen molar-refractivity contribution in [1.82, 2.24) is 24.4 Å². The van der Waals surface area contributed by atoms with Gasteiger partial charge in [-0.05, 0) is 55.0 Å². The van der Waals surface area contributed by atoms with E-state index in [1.165, 1.54) is 23.5 Å². The highest BCUT2D eigenvalue weighted by molar-refractivity contribution is 7.11. The Morgan fingerprint density at radius 3 is 2.62 bits per heavy atom. The zero-order chi connectivity index (χ0) is 27.8. The molecule has 2 aliphatic heterocycles. The molecule has 12 heteroatoms. The molecule has 4 aromatic rings. The van der Waals surface area contributed by atoms with Crippen molar-refractivity contribution < 1.29 is 23.8 Å². The number of carbonyl (C=O) groups excluding carboxylic acids is 1. The largest absolute Gasteiger partial charge is 0.477 e. The first-order chi connectivity index (χ1) is 19.3. The van der Waals surface area contributed by atoms with Crippen LogP contribution in [0.4, 0.5) is 4.39 Å². The van der Waals surface area contributed by atoms with E-state index in [0.717, 1.165) is 31.7 Å². The third-order valence-electron chi connectivity index (χ3n) is 7.56. The van der Waals surface area contributed by atoms with Crippen LogP contribution in [-0.4, -0.2) is 67.2 Å². The lowest BCUT2D eigenvalue weighted by Crippen LogP contribution is -2.39. The topological polar surface area (TPSA) is 110 Å². The highest BCUT2D eigenvalue weighted by Gasteiger charge is 2.28. The number of carboxylic acid groups (broad SMARTS) is 1. The lowest BCUT2D eigenvalue weighted by atomic mass is 9.93. The fourth-order valence-corrected chi connectivity index (χ4v) is 6.17. The molecule has 3 aromatic heterocycles. The van der Waals surface area contributed by atoms with Crippen molar-refractivity contribution >= 4 is 46.0 Å². The summed E-state index contributed by atoms with van der Waals surface area (Å²) in [6.07, 6.45) is 3.66. The molecule has 40 heavy (non-hydrogen) atoms. The minimum absolute atomic E-state index is 0.00908. The SMILES string of the molecule is O=C(O)c1ccc2nc(CC3CCN(C(=O)c4nc(Cc5ccc(Cl)cc5F)cs4)CC3)n(CC3CCO3)c2n1. The van der Waals surface area contributed by atoms with E-state index in [9.17, 15) is 19.1 Å². The van der Waals surface area contributed by atoms with Crippen LogP contribution in [0.5, 0.6) is 0 Å². The maximum absolute atomic E-state index is 14.2. The molecular weight excluding hydrogens is 557 g/mol. The molecule has 2 aliphatic rings. The third-order valence-corrected chi connectivity index (χ3v) is 8.68. The second kappa shape index (κ2) is 11.2. The van der Waals surface area contributed by atoms with Crippen LogP contribution in [0.25, 0.3) is 11.2 Å². The van der Waals surface area contributed by atoms with E-state index in [2.05, 4.69) is 9.97 Å². The predicted octanol–water partition coefficient (Wildman–Crippen LogP) is 4.85. The van der Waals surface area contributed by atoms with Crippen molar-refractivity contribution in [2.24, 2.45) is 5.92 Å². The van der Waals surface area contributed by atoms with Gasteiger partial charge in [-0.1, -0.05) is 17.7 Å². The number of ether oxygens (including phenoxy) is 1. The van der Waals surface area contributed by atoms with Crippen molar-refractivity contribution in [1.29, 1.82) is 0 Å². The number of carbonyl (C=O) groups is 2. The van der Waals surface area contributed by atoms with Crippen molar-refractivity contribution in [2.45, 2.75) is 44.8 Å². The van der Waals surface area contributed by atoms with Gasteiger partial charge >= 0.3 is 5.97 Å². The lowest BCUT2D eigenvalue weighted by Gasteiger charge is -2.32. The number of fused-ring (bicyclic) bond motifs is 1. The number of imidazole rings is 1. The summed E-state index contributed by atoms with van der Waals surface area (Å²) < 4.78 is 21.8. The first-order valence-corrected chi connectivity index (χ1v) is 14.5. The Balaban J connectivity index is 1.10. The maximum atomic E-state index is 14.2. The van der Waals surface area contributed by atoms with E-state index in [-0.39, 0.29) is 23.5 Å². The highest BCUT2D eigenvalue weighted by Crippen LogP contribution is 2.27. The standard InChI is InChI=1S/C28H27ClFN5O4S/c29-18-2-1-17(21(30)13-18)12-19-15-40-26(31-19)27(36)34-8-5-16(6-9-34)11-24-32-22-3-4-23(28(37)38)33-25(22)35(24)14-20-7-10-39-20/h1-4,13,15-16,20H,5-12,14H2,(H,37,38). The van der Waals surface area contributed by atoms with Gasteiger partial charge in [-0.25, -0.2) is 24.1 Å². The summed E-state index contributed by atoms with van der Waals surface area (Å²) >= 11 is 7.12. The molecule has 2 saturated heterocycles. The Morgan fingerprint density at radius 2 is 1.93 bits per heavy atom. The number of carboxylic acids is 1. The van der Waals surface area contributed by atoms with Gasteiger partial charge in [0.25, 0.3) is 5.91 Å². The van der Waals surface area contributed by atoms with Crippen LogP contribution in [0.1, 0.15) is 56.6 Å². The molecule has 2 fully saturated rings. The molecule has 1 aromatic carbocycles. The number of benzene rings is 1. The molecule has 1 amide bonds. The number of rotatable bonds is 8. The molecule has 0 spiro atoms. The van der Waals surface area contributed by atoms with E-state index in [4.69, 9.17) is 21.3 Å². The number of aromatic nitrogens is 4. The zero-order valence-corrected chi connectivity index (χ0v) is 23.1. The molecule has 0 radical (unpaired) electrons. The number of hydrogen-bond acceptors (Lipinski definition) is 7.